The largest absolute Gasteiger partial charge is 0.310 e. The lowest BCUT2D eigenvalue weighted by atomic mass is 9.97. The molecule has 0 aromatic heterocycles. The predicted octanol–water partition coefficient (Wildman–Crippen LogP) is 5.24. The molecular weight excluding hydrogens is 278 g/mol. The average Bonchev–Trinajstić information content (AvgIpc) is 2.46. The van der Waals surface area contributed by atoms with Crippen LogP contribution < -0.4 is 5.32 Å². The molecule has 2 rings (SSSR count). The van der Waals surface area contributed by atoms with Gasteiger partial charge in [-0.1, -0.05) is 60.5 Å². The third-order valence-electron chi connectivity index (χ3n) is 3.85. The van der Waals surface area contributed by atoms with Crippen LogP contribution in [0.25, 0.3) is 0 Å². The first-order valence-corrected chi connectivity index (χ1v) is 8.03. The van der Waals surface area contributed by atoms with Gasteiger partial charge in [0.25, 0.3) is 0 Å². The van der Waals surface area contributed by atoms with E-state index >= 15 is 0 Å². The van der Waals surface area contributed by atoms with Gasteiger partial charge < -0.3 is 5.32 Å². The molecule has 0 bridgehead atoms. The minimum absolute atomic E-state index is 0.355. The zero-order valence-corrected chi connectivity index (χ0v) is 13.9. The Bertz CT molecular complexity index is 592. The smallest absolute Gasteiger partial charge is 0.0438 e. The predicted molar refractivity (Wildman–Crippen MR) is 92.1 cm³/mol. The van der Waals surface area contributed by atoms with Gasteiger partial charge in [0, 0.05) is 11.1 Å². The molecule has 21 heavy (non-hydrogen) atoms. The Morgan fingerprint density at radius 1 is 1.10 bits per heavy atom. The van der Waals surface area contributed by atoms with E-state index in [2.05, 4.69) is 61.6 Å². The molecule has 0 spiro atoms. The molecule has 0 radical (unpaired) electrons. The van der Waals surface area contributed by atoms with E-state index in [0.29, 0.717) is 6.04 Å². The lowest BCUT2D eigenvalue weighted by Gasteiger charge is -2.19. The van der Waals surface area contributed by atoms with Crippen molar-refractivity contribution in [1.29, 1.82) is 0 Å². The van der Waals surface area contributed by atoms with Crippen molar-refractivity contribution in [1.82, 2.24) is 5.32 Å². The highest BCUT2D eigenvalue weighted by atomic mass is 35.5. The summed E-state index contributed by atoms with van der Waals surface area (Å²) in [6, 6.07) is 15.5. The number of aryl methyl sites for hydroxylation is 3. The maximum atomic E-state index is 6.27. The van der Waals surface area contributed by atoms with E-state index < -0.39 is 0 Å². The molecule has 0 fully saturated rings. The minimum Gasteiger partial charge on any atom is -0.310 e. The Morgan fingerprint density at radius 3 is 2.57 bits per heavy atom. The van der Waals surface area contributed by atoms with Crippen molar-refractivity contribution in [2.45, 2.75) is 39.7 Å². The fraction of sp³-hybridized carbons (Fsp3) is 0.368. The molecule has 1 unspecified atom stereocenters. The molecule has 0 aliphatic heterocycles. The summed E-state index contributed by atoms with van der Waals surface area (Å²) in [6.07, 6.45) is 2.15. The van der Waals surface area contributed by atoms with Crippen LogP contribution in [0.3, 0.4) is 0 Å². The molecule has 0 aliphatic rings. The number of rotatable bonds is 6. The number of hydrogen-bond acceptors (Lipinski definition) is 1. The summed E-state index contributed by atoms with van der Waals surface area (Å²) in [4.78, 5) is 0. The van der Waals surface area contributed by atoms with Crippen LogP contribution in [0.15, 0.2) is 42.5 Å². The summed E-state index contributed by atoms with van der Waals surface area (Å²) >= 11 is 6.27. The highest BCUT2D eigenvalue weighted by molar-refractivity contribution is 6.31. The summed E-state index contributed by atoms with van der Waals surface area (Å²) in [5.74, 6) is 0. The Kier molecular flexibility index (Phi) is 5.84. The van der Waals surface area contributed by atoms with Gasteiger partial charge in [0.05, 0.1) is 0 Å². The second-order valence-corrected chi connectivity index (χ2v) is 6.05. The van der Waals surface area contributed by atoms with Crippen LogP contribution in [0, 0.1) is 13.8 Å². The van der Waals surface area contributed by atoms with Crippen LogP contribution in [-0.2, 0) is 6.42 Å². The number of benzene rings is 2. The average molecular weight is 302 g/mol. The Labute approximate surface area is 133 Å². The lowest BCUT2D eigenvalue weighted by Crippen LogP contribution is -2.21. The van der Waals surface area contributed by atoms with Crippen LogP contribution >= 0.6 is 11.6 Å². The molecular formula is C19H24ClN. The van der Waals surface area contributed by atoms with E-state index in [1.807, 2.05) is 6.92 Å². The fourth-order valence-corrected chi connectivity index (χ4v) is 2.83. The number of nitrogens with one attached hydrogen (secondary N) is 1. The highest BCUT2D eigenvalue weighted by Crippen LogP contribution is 2.24. The molecule has 1 atom stereocenters. The van der Waals surface area contributed by atoms with Gasteiger partial charge in [0.1, 0.15) is 0 Å². The van der Waals surface area contributed by atoms with Gasteiger partial charge in [0.15, 0.2) is 0 Å². The Morgan fingerprint density at radius 2 is 1.90 bits per heavy atom. The lowest BCUT2D eigenvalue weighted by molar-refractivity contribution is 0.515. The summed E-state index contributed by atoms with van der Waals surface area (Å²) in [6.45, 7) is 7.30. The Balaban J connectivity index is 2.09. The number of halogens is 1. The first kappa shape index (κ1) is 16.1. The third kappa shape index (κ3) is 4.59. The van der Waals surface area contributed by atoms with Crippen LogP contribution in [0.1, 0.15) is 41.6 Å². The van der Waals surface area contributed by atoms with Gasteiger partial charge in [-0.3, -0.25) is 0 Å². The molecule has 0 amide bonds. The van der Waals surface area contributed by atoms with Gasteiger partial charge in [-0.25, -0.2) is 0 Å². The van der Waals surface area contributed by atoms with E-state index in [0.717, 1.165) is 30.0 Å². The summed E-state index contributed by atoms with van der Waals surface area (Å²) in [5.41, 5.74) is 5.14. The van der Waals surface area contributed by atoms with E-state index in [1.54, 1.807) is 0 Å². The molecule has 2 aromatic carbocycles. The molecule has 0 aliphatic carbocycles. The first-order chi connectivity index (χ1) is 10.1. The van der Waals surface area contributed by atoms with Crippen molar-refractivity contribution in [3.63, 3.8) is 0 Å². The molecule has 0 heterocycles. The quantitative estimate of drug-likeness (QED) is 0.769. The van der Waals surface area contributed by atoms with Gasteiger partial charge in [0.2, 0.25) is 0 Å². The zero-order valence-electron chi connectivity index (χ0n) is 13.1. The topological polar surface area (TPSA) is 12.0 Å². The molecule has 2 heteroatoms. The second kappa shape index (κ2) is 7.63. The van der Waals surface area contributed by atoms with Crippen LogP contribution in [0.4, 0.5) is 0 Å². The van der Waals surface area contributed by atoms with Crippen LogP contribution in [-0.4, -0.2) is 6.54 Å². The maximum Gasteiger partial charge on any atom is 0.0438 e. The minimum atomic E-state index is 0.355. The van der Waals surface area contributed by atoms with Crippen molar-refractivity contribution in [3.05, 3.63) is 69.7 Å². The second-order valence-electron chi connectivity index (χ2n) is 5.65. The van der Waals surface area contributed by atoms with Crippen molar-refractivity contribution in [2.24, 2.45) is 0 Å². The molecule has 1 N–H and O–H groups in total. The molecule has 0 saturated heterocycles. The molecule has 1 nitrogen and oxygen atoms in total. The van der Waals surface area contributed by atoms with E-state index in [4.69, 9.17) is 11.6 Å². The maximum absolute atomic E-state index is 6.27. The third-order valence-corrected chi connectivity index (χ3v) is 4.26. The fourth-order valence-electron chi connectivity index (χ4n) is 2.64. The monoisotopic (exact) mass is 301 g/mol. The van der Waals surface area contributed by atoms with Gasteiger partial charge in [-0.15, -0.1) is 0 Å². The van der Waals surface area contributed by atoms with Gasteiger partial charge >= 0.3 is 0 Å². The van der Waals surface area contributed by atoms with E-state index in [1.165, 1.54) is 16.7 Å². The molecule has 2 aromatic rings. The van der Waals surface area contributed by atoms with Crippen molar-refractivity contribution < 1.29 is 0 Å². The van der Waals surface area contributed by atoms with Crippen molar-refractivity contribution in [2.75, 3.05) is 6.54 Å². The van der Waals surface area contributed by atoms with Crippen molar-refractivity contribution in [3.8, 4) is 0 Å². The summed E-state index contributed by atoms with van der Waals surface area (Å²) < 4.78 is 0. The SMILES string of the molecule is CCNC(CCc1cccc(C)c1)c1ccc(C)c(Cl)c1. The Hall–Kier alpha value is -1.31. The van der Waals surface area contributed by atoms with E-state index in [-0.39, 0.29) is 0 Å². The highest BCUT2D eigenvalue weighted by Gasteiger charge is 2.11. The zero-order chi connectivity index (χ0) is 15.2. The standard InChI is InChI=1S/C19H24ClN/c1-4-21-19(17-10-8-15(3)18(20)13-17)11-9-16-7-5-6-14(2)12-16/h5-8,10,12-13,19,21H,4,9,11H2,1-3H3. The normalized spacial score (nSPS) is 12.4. The van der Waals surface area contributed by atoms with Gasteiger partial charge in [-0.05, 0) is 56.0 Å². The van der Waals surface area contributed by atoms with Crippen LogP contribution in [0.5, 0.6) is 0 Å². The van der Waals surface area contributed by atoms with Crippen molar-refractivity contribution >= 4 is 11.6 Å². The molecule has 0 saturated carbocycles. The summed E-state index contributed by atoms with van der Waals surface area (Å²) in [5, 5.41) is 4.42. The first-order valence-electron chi connectivity index (χ1n) is 7.65. The van der Waals surface area contributed by atoms with Gasteiger partial charge in [-0.2, -0.15) is 0 Å². The molecule has 112 valence electrons. The van der Waals surface area contributed by atoms with Crippen LogP contribution in [0.2, 0.25) is 5.02 Å². The summed E-state index contributed by atoms with van der Waals surface area (Å²) in [7, 11) is 0. The van der Waals surface area contributed by atoms with E-state index in [9.17, 15) is 0 Å². The number of hydrogen-bond donors (Lipinski definition) is 1.